The van der Waals surface area contributed by atoms with Crippen LogP contribution < -0.4 is 4.90 Å². The summed E-state index contributed by atoms with van der Waals surface area (Å²) in [7, 11) is 0. The molecule has 0 fully saturated rings. The van der Waals surface area contributed by atoms with Gasteiger partial charge < -0.3 is 13.7 Å². The third kappa shape index (κ3) is 5.49. The molecule has 0 bridgehead atoms. The molecule has 0 aliphatic carbocycles. The van der Waals surface area contributed by atoms with Crippen LogP contribution in [0, 0.1) is 0 Å². The van der Waals surface area contributed by atoms with Gasteiger partial charge in [0.1, 0.15) is 11.1 Å². The van der Waals surface area contributed by atoms with E-state index >= 15 is 0 Å². The van der Waals surface area contributed by atoms with E-state index in [4.69, 9.17) is 13.8 Å². The van der Waals surface area contributed by atoms with Gasteiger partial charge in [0.05, 0.1) is 5.69 Å². The highest BCUT2D eigenvalue weighted by Crippen LogP contribution is 2.48. The highest BCUT2D eigenvalue weighted by Gasteiger charge is 2.24. The predicted octanol–water partition coefficient (Wildman–Crippen LogP) is 15.7. The van der Waals surface area contributed by atoms with Crippen molar-refractivity contribution in [1.82, 2.24) is 4.98 Å². The smallest absolute Gasteiger partial charge is 0.227 e. The van der Waals surface area contributed by atoms with Gasteiger partial charge in [-0.05, 0) is 116 Å². The van der Waals surface area contributed by atoms with Crippen molar-refractivity contribution in [2.45, 2.75) is 0 Å². The lowest BCUT2D eigenvalue weighted by molar-refractivity contribution is 0.620. The molecule has 2 heterocycles. The Morgan fingerprint density at radius 3 is 1.71 bits per heavy atom. The van der Waals surface area contributed by atoms with Crippen LogP contribution in [0.25, 0.3) is 99.1 Å². The van der Waals surface area contributed by atoms with Crippen molar-refractivity contribution in [3.8, 4) is 33.7 Å². The fourth-order valence-electron chi connectivity index (χ4n) is 8.83. The van der Waals surface area contributed by atoms with Gasteiger partial charge in [-0.15, -0.1) is 0 Å². The molecule has 0 amide bonds. The lowest BCUT2D eigenvalue weighted by Crippen LogP contribution is -2.11. The Morgan fingerprint density at radius 1 is 0.356 bits per heavy atom. The molecule has 0 aliphatic heterocycles. The molecule has 59 heavy (non-hydrogen) atoms. The maximum Gasteiger partial charge on any atom is 0.227 e. The molecule has 2 aromatic heterocycles. The Hall–Kier alpha value is -7.95. The Morgan fingerprint density at radius 2 is 0.949 bits per heavy atom. The van der Waals surface area contributed by atoms with Crippen LogP contribution in [0.5, 0.6) is 0 Å². The van der Waals surface area contributed by atoms with E-state index in [2.05, 4.69) is 175 Å². The standard InChI is InChI=1S/C55H34N2O2/c1-2-12-35(13-3-1)36-22-27-41(28-23-36)57(42-29-24-37(25-30-42)47-32-38-14-4-6-16-43(38)45-18-8-9-19-46(45)47)53-44-17-7-5-15-39(44)33-49-48-34-40(26-31-51(48)58-54(49)53)55-56-50-20-10-11-21-52(50)59-55/h1-34H. The van der Waals surface area contributed by atoms with Gasteiger partial charge in [-0.3, -0.25) is 0 Å². The number of oxazole rings is 1. The predicted molar refractivity (Wildman–Crippen MR) is 245 cm³/mol. The van der Waals surface area contributed by atoms with Gasteiger partial charge in [0, 0.05) is 33.1 Å². The summed E-state index contributed by atoms with van der Waals surface area (Å²) in [5, 5.41) is 9.23. The summed E-state index contributed by atoms with van der Waals surface area (Å²) < 4.78 is 13.2. The number of fused-ring (bicyclic) bond motifs is 8. The van der Waals surface area contributed by atoms with Crippen LogP contribution in [-0.2, 0) is 0 Å². The minimum absolute atomic E-state index is 0.586. The van der Waals surface area contributed by atoms with E-state index in [1.54, 1.807) is 0 Å². The average molecular weight is 755 g/mol. The van der Waals surface area contributed by atoms with Crippen LogP contribution in [0.3, 0.4) is 0 Å². The maximum atomic E-state index is 6.95. The quantitative estimate of drug-likeness (QED) is 0.159. The number of hydrogen-bond donors (Lipinski definition) is 0. The van der Waals surface area contributed by atoms with Crippen molar-refractivity contribution in [3.63, 3.8) is 0 Å². The molecule has 4 heteroatoms. The zero-order valence-corrected chi connectivity index (χ0v) is 31.8. The summed E-state index contributed by atoms with van der Waals surface area (Å²) in [6.07, 6.45) is 0. The molecule has 0 saturated carbocycles. The van der Waals surface area contributed by atoms with Crippen LogP contribution in [0.15, 0.2) is 215 Å². The molecule has 12 rings (SSSR count). The highest BCUT2D eigenvalue weighted by molar-refractivity contribution is 6.20. The van der Waals surface area contributed by atoms with Crippen LogP contribution in [-0.4, -0.2) is 4.98 Å². The van der Waals surface area contributed by atoms with E-state index in [0.29, 0.717) is 5.89 Å². The molecule has 0 unspecified atom stereocenters. The molecule has 0 spiro atoms. The van der Waals surface area contributed by atoms with Crippen molar-refractivity contribution < 1.29 is 8.83 Å². The first kappa shape index (κ1) is 33.2. The molecule has 0 atom stereocenters. The molecular weight excluding hydrogens is 721 g/mol. The second kappa shape index (κ2) is 13.3. The number of anilines is 3. The van der Waals surface area contributed by atoms with Gasteiger partial charge in [-0.2, -0.15) is 0 Å². The summed E-state index contributed by atoms with van der Waals surface area (Å²) in [5.41, 5.74) is 11.9. The maximum absolute atomic E-state index is 6.95. The Kier molecular flexibility index (Phi) is 7.50. The second-order valence-corrected chi connectivity index (χ2v) is 15.1. The van der Waals surface area contributed by atoms with Crippen molar-refractivity contribution in [2.75, 3.05) is 4.90 Å². The molecule has 0 N–H and O–H groups in total. The molecular formula is C55H34N2O2. The molecule has 0 radical (unpaired) electrons. The normalized spacial score (nSPS) is 11.7. The topological polar surface area (TPSA) is 42.4 Å². The summed E-state index contributed by atoms with van der Waals surface area (Å²) in [6, 6.07) is 73.0. The van der Waals surface area contributed by atoms with Crippen molar-refractivity contribution >= 4 is 82.4 Å². The van der Waals surface area contributed by atoms with Crippen LogP contribution in [0.2, 0.25) is 0 Å². The van der Waals surface area contributed by atoms with Gasteiger partial charge >= 0.3 is 0 Å². The van der Waals surface area contributed by atoms with E-state index < -0.39 is 0 Å². The number of aromatic nitrogens is 1. The minimum Gasteiger partial charge on any atom is -0.454 e. The van der Waals surface area contributed by atoms with Gasteiger partial charge in [0.15, 0.2) is 11.2 Å². The molecule has 12 aromatic rings. The highest BCUT2D eigenvalue weighted by atomic mass is 16.3. The molecule has 4 nitrogen and oxygen atoms in total. The first-order chi connectivity index (χ1) is 29.2. The zero-order valence-electron chi connectivity index (χ0n) is 31.8. The van der Waals surface area contributed by atoms with E-state index in [9.17, 15) is 0 Å². The lowest BCUT2D eigenvalue weighted by atomic mass is 9.93. The molecule has 0 aliphatic rings. The third-order valence-electron chi connectivity index (χ3n) is 11.7. The molecule has 10 aromatic carbocycles. The number of furan rings is 1. The lowest BCUT2D eigenvalue weighted by Gasteiger charge is -2.27. The first-order valence-electron chi connectivity index (χ1n) is 19.9. The van der Waals surface area contributed by atoms with Crippen molar-refractivity contribution in [2.24, 2.45) is 0 Å². The van der Waals surface area contributed by atoms with Crippen LogP contribution >= 0.6 is 0 Å². The number of hydrogen-bond acceptors (Lipinski definition) is 4. The Balaban J connectivity index is 1.07. The zero-order chi connectivity index (χ0) is 38.9. The monoisotopic (exact) mass is 754 g/mol. The van der Waals surface area contributed by atoms with Gasteiger partial charge in [0.25, 0.3) is 0 Å². The summed E-state index contributed by atoms with van der Waals surface area (Å²) in [5.74, 6) is 0.586. The van der Waals surface area contributed by atoms with Crippen molar-refractivity contribution in [3.05, 3.63) is 206 Å². The van der Waals surface area contributed by atoms with Gasteiger partial charge in [-0.1, -0.05) is 140 Å². The number of nitrogens with zero attached hydrogens (tertiary/aromatic N) is 2. The molecule has 276 valence electrons. The average Bonchev–Trinajstić information content (AvgIpc) is 3.91. The third-order valence-corrected chi connectivity index (χ3v) is 11.7. The largest absolute Gasteiger partial charge is 0.454 e. The number of benzene rings is 10. The Bertz CT molecular complexity index is 3510. The Labute approximate surface area is 339 Å². The SMILES string of the molecule is c1ccc(-c2ccc(N(c3ccc(-c4cc5ccccc5c5ccccc45)cc3)c3c4ccccc4cc4c3oc3ccc(-c5nc6ccccc6o5)cc34)cc2)cc1. The second-order valence-electron chi connectivity index (χ2n) is 15.1. The van der Waals surface area contributed by atoms with Gasteiger partial charge in [-0.25, -0.2) is 4.98 Å². The summed E-state index contributed by atoms with van der Waals surface area (Å²) in [6.45, 7) is 0. The molecule has 0 saturated heterocycles. The fourth-order valence-corrected chi connectivity index (χ4v) is 8.83. The minimum atomic E-state index is 0.586. The number of rotatable bonds is 6. The van der Waals surface area contributed by atoms with E-state index in [1.165, 1.54) is 32.7 Å². The fraction of sp³-hybridized carbons (Fsp3) is 0. The summed E-state index contributed by atoms with van der Waals surface area (Å²) in [4.78, 5) is 7.17. The summed E-state index contributed by atoms with van der Waals surface area (Å²) >= 11 is 0. The van der Waals surface area contributed by atoms with Crippen LogP contribution in [0.4, 0.5) is 17.1 Å². The van der Waals surface area contributed by atoms with E-state index in [1.807, 2.05) is 36.4 Å². The van der Waals surface area contributed by atoms with E-state index in [-0.39, 0.29) is 0 Å². The van der Waals surface area contributed by atoms with Crippen molar-refractivity contribution in [1.29, 1.82) is 0 Å². The number of para-hydroxylation sites is 2. The van der Waals surface area contributed by atoms with Crippen LogP contribution in [0.1, 0.15) is 0 Å². The van der Waals surface area contributed by atoms with E-state index in [0.717, 1.165) is 77.6 Å². The first-order valence-corrected chi connectivity index (χ1v) is 19.9. The van der Waals surface area contributed by atoms with Gasteiger partial charge in [0.2, 0.25) is 5.89 Å².